The lowest BCUT2D eigenvalue weighted by atomic mass is 10.1. The summed E-state index contributed by atoms with van der Waals surface area (Å²) in [6, 6.07) is 7.99. The zero-order valence-electron chi connectivity index (χ0n) is 11.9. The lowest BCUT2D eigenvalue weighted by Crippen LogP contribution is -2.36. The van der Waals surface area contributed by atoms with E-state index in [1.165, 1.54) is 0 Å². The standard InChI is InChI=1S/C15H23NOS/c1-10(2)12(5)16-15(17)13-8-6-7-9-14(13)18-11(3)4/h6-12H,1-5H3,(H,16,17). The molecule has 2 nitrogen and oxygen atoms in total. The van der Waals surface area contributed by atoms with Gasteiger partial charge >= 0.3 is 0 Å². The molecular formula is C15H23NOS. The largest absolute Gasteiger partial charge is 0.349 e. The summed E-state index contributed by atoms with van der Waals surface area (Å²) in [5.41, 5.74) is 0.781. The van der Waals surface area contributed by atoms with Gasteiger partial charge in [0.15, 0.2) is 0 Å². The number of amides is 1. The van der Waals surface area contributed by atoms with Crippen LogP contribution in [-0.2, 0) is 0 Å². The minimum atomic E-state index is 0.0277. The van der Waals surface area contributed by atoms with Gasteiger partial charge in [0, 0.05) is 16.2 Å². The molecule has 18 heavy (non-hydrogen) atoms. The molecule has 0 saturated heterocycles. The smallest absolute Gasteiger partial charge is 0.252 e. The lowest BCUT2D eigenvalue weighted by Gasteiger charge is -2.18. The van der Waals surface area contributed by atoms with Gasteiger partial charge < -0.3 is 5.32 Å². The molecule has 0 aliphatic rings. The molecule has 0 aromatic heterocycles. The molecule has 0 saturated carbocycles. The third-order valence-electron chi connectivity index (χ3n) is 2.85. The molecule has 1 unspecified atom stereocenters. The van der Waals surface area contributed by atoms with E-state index in [-0.39, 0.29) is 11.9 Å². The van der Waals surface area contributed by atoms with E-state index >= 15 is 0 Å². The van der Waals surface area contributed by atoms with Gasteiger partial charge in [-0.2, -0.15) is 0 Å². The van der Waals surface area contributed by atoms with E-state index in [4.69, 9.17) is 0 Å². The van der Waals surface area contributed by atoms with Gasteiger partial charge in [-0.25, -0.2) is 0 Å². The van der Waals surface area contributed by atoms with Crippen LogP contribution in [0.15, 0.2) is 29.2 Å². The molecule has 1 atom stereocenters. The first kappa shape index (κ1) is 15.1. The van der Waals surface area contributed by atoms with Crippen molar-refractivity contribution in [2.24, 2.45) is 5.92 Å². The molecule has 1 aromatic rings. The van der Waals surface area contributed by atoms with E-state index in [9.17, 15) is 4.79 Å². The first-order chi connectivity index (χ1) is 8.41. The predicted molar refractivity (Wildman–Crippen MR) is 79.2 cm³/mol. The van der Waals surface area contributed by atoms with Crippen molar-refractivity contribution < 1.29 is 4.79 Å². The molecule has 0 radical (unpaired) electrons. The van der Waals surface area contributed by atoms with Crippen LogP contribution in [0, 0.1) is 5.92 Å². The molecule has 0 aliphatic heterocycles. The molecule has 0 bridgehead atoms. The Labute approximate surface area is 115 Å². The highest BCUT2D eigenvalue weighted by Gasteiger charge is 2.15. The van der Waals surface area contributed by atoms with E-state index in [1.54, 1.807) is 11.8 Å². The maximum absolute atomic E-state index is 12.2. The molecule has 1 aromatic carbocycles. The van der Waals surface area contributed by atoms with Crippen molar-refractivity contribution in [1.29, 1.82) is 0 Å². The zero-order valence-corrected chi connectivity index (χ0v) is 12.7. The fourth-order valence-corrected chi connectivity index (χ4v) is 2.41. The molecule has 1 rings (SSSR count). The van der Waals surface area contributed by atoms with Gasteiger partial charge in [0.2, 0.25) is 0 Å². The Kier molecular flexibility index (Phi) is 5.73. The van der Waals surface area contributed by atoms with Gasteiger partial charge in [-0.15, -0.1) is 11.8 Å². The molecule has 1 amide bonds. The summed E-state index contributed by atoms with van der Waals surface area (Å²) in [4.78, 5) is 13.3. The van der Waals surface area contributed by atoms with Crippen LogP contribution in [0.4, 0.5) is 0 Å². The second-order valence-electron chi connectivity index (χ2n) is 5.17. The van der Waals surface area contributed by atoms with Crippen molar-refractivity contribution in [3.8, 4) is 0 Å². The van der Waals surface area contributed by atoms with Crippen LogP contribution < -0.4 is 5.32 Å². The number of carbonyl (C=O) groups is 1. The Hall–Kier alpha value is -0.960. The van der Waals surface area contributed by atoms with Crippen molar-refractivity contribution in [3.63, 3.8) is 0 Å². The Morgan fingerprint density at radius 3 is 2.28 bits per heavy atom. The second-order valence-corrected chi connectivity index (χ2v) is 6.79. The Morgan fingerprint density at radius 2 is 1.72 bits per heavy atom. The number of hydrogen-bond donors (Lipinski definition) is 1. The van der Waals surface area contributed by atoms with Gasteiger partial charge in [-0.1, -0.05) is 39.8 Å². The summed E-state index contributed by atoms with van der Waals surface area (Å²) in [6.45, 7) is 10.5. The van der Waals surface area contributed by atoms with Crippen LogP contribution in [-0.4, -0.2) is 17.2 Å². The summed E-state index contributed by atoms with van der Waals surface area (Å²) in [5, 5.41) is 3.53. The van der Waals surface area contributed by atoms with Crippen molar-refractivity contribution >= 4 is 17.7 Å². The number of nitrogens with one attached hydrogen (secondary N) is 1. The van der Waals surface area contributed by atoms with Crippen LogP contribution in [0.1, 0.15) is 45.0 Å². The van der Waals surface area contributed by atoms with Gasteiger partial charge in [-0.05, 0) is 25.0 Å². The van der Waals surface area contributed by atoms with Crippen LogP contribution in [0.2, 0.25) is 0 Å². The molecule has 3 heteroatoms. The van der Waals surface area contributed by atoms with Crippen molar-refractivity contribution in [2.45, 2.75) is 50.8 Å². The average molecular weight is 265 g/mol. The maximum atomic E-state index is 12.2. The molecule has 1 N–H and O–H groups in total. The normalized spacial score (nSPS) is 12.8. The summed E-state index contributed by atoms with van der Waals surface area (Å²) < 4.78 is 0. The maximum Gasteiger partial charge on any atom is 0.252 e. The van der Waals surface area contributed by atoms with Crippen molar-refractivity contribution in [3.05, 3.63) is 29.8 Å². The van der Waals surface area contributed by atoms with Crippen LogP contribution in [0.25, 0.3) is 0 Å². The van der Waals surface area contributed by atoms with Gasteiger partial charge in [-0.3, -0.25) is 4.79 Å². The summed E-state index contributed by atoms with van der Waals surface area (Å²) in [6.07, 6.45) is 0. The third kappa shape index (κ3) is 4.37. The fraction of sp³-hybridized carbons (Fsp3) is 0.533. The van der Waals surface area contributed by atoms with Gasteiger partial charge in [0.25, 0.3) is 5.91 Å². The van der Waals surface area contributed by atoms with E-state index < -0.39 is 0 Å². The van der Waals surface area contributed by atoms with E-state index in [0.717, 1.165) is 10.5 Å². The molecular weight excluding hydrogens is 242 g/mol. The second kappa shape index (κ2) is 6.83. The predicted octanol–water partition coefficient (Wildman–Crippen LogP) is 3.96. The highest BCUT2D eigenvalue weighted by atomic mass is 32.2. The molecule has 0 spiro atoms. The Bertz CT molecular complexity index is 401. The highest BCUT2D eigenvalue weighted by molar-refractivity contribution is 8.00. The van der Waals surface area contributed by atoms with E-state index in [0.29, 0.717) is 11.2 Å². The number of rotatable bonds is 5. The molecule has 100 valence electrons. The van der Waals surface area contributed by atoms with E-state index in [1.807, 2.05) is 31.2 Å². The Morgan fingerprint density at radius 1 is 1.11 bits per heavy atom. The van der Waals surface area contributed by atoms with Gasteiger partial charge in [0.05, 0.1) is 5.56 Å². The minimum Gasteiger partial charge on any atom is -0.349 e. The Balaban J connectivity index is 2.85. The fourth-order valence-electron chi connectivity index (χ4n) is 1.46. The average Bonchev–Trinajstić information content (AvgIpc) is 2.28. The van der Waals surface area contributed by atoms with Crippen molar-refractivity contribution in [1.82, 2.24) is 5.32 Å². The van der Waals surface area contributed by atoms with Crippen molar-refractivity contribution in [2.75, 3.05) is 0 Å². The van der Waals surface area contributed by atoms with Crippen LogP contribution in [0.5, 0.6) is 0 Å². The first-order valence-electron chi connectivity index (χ1n) is 6.48. The quantitative estimate of drug-likeness (QED) is 0.816. The van der Waals surface area contributed by atoms with Crippen LogP contribution in [0.3, 0.4) is 0 Å². The molecule has 0 aliphatic carbocycles. The number of carbonyl (C=O) groups excluding carboxylic acids is 1. The number of thioether (sulfide) groups is 1. The summed E-state index contributed by atoms with van der Waals surface area (Å²) in [5.74, 6) is 0.471. The van der Waals surface area contributed by atoms with Crippen LogP contribution >= 0.6 is 11.8 Å². The summed E-state index contributed by atoms with van der Waals surface area (Å²) >= 11 is 1.73. The number of benzene rings is 1. The summed E-state index contributed by atoms with van der Waals surface area (Å²) in [7, 11) is 0. The van der Waals surface area contributed by atoms with Gasteiger partial charge in [0.1, 0.15) is 0 Å². The molecule has 0 fully saturated rings. The van der Waals surface area contributed by atoms with E-state index in [2.05, 4.69) is 33.0 Å². The number of hydrogen-bond acceptors (Lipinski definition) is 2. The minimum absolute atomic E-state index is 0.0277. The zero-order chi connectivity index (χ0) is 13.7. The molecule has 0 heterocycles. The topological polar surface area (TPSA) is 29.1 Å². The third-order valence-corrected chi connectivity index (χ3v) is 3.93. The highest BCUT2D eigenvalue weighted by Crippen LogP contribution is 2.26. The lowest BCUT2D eigenvalue weighted by molar-refractivity contribution is 0.0927. The first-order valence-corrected chi connectivity index (χ1v) is 7.36. The SMILES string of the molecule is CC(C)Sc1ccccc1C(=O)NC(C)C(C)C. The monoisotopic (exact) mass is 265 g/mol.